The Morgan fingerprint density at radius 3 is 2.14 bits per heavy atom. The standard InChI is InChI=1S/C31H39N9O3/c1-21-18-42-17-16-39(21)29-35-28(36-30(37-29)40-26-10-11-27(40)20-43-19-26)22-2-4-23(5-3-22)33-31(41)34-24-6-8-25(9-7-24)38-14-12-32-13-15-38/h2-9,21,26-27,32H,10-20H2,1H3,(H2,33,34,41)/t21-,26?,27?/m1/s1. The third kappa shape index (κ3) is 6.08. The number of piperazine rings is 1. The lowest BCUT2D eigenvalue weighted by atomic mass is 10.2. The van der Waals surface area contributed by atoms with Crippen LogP contribution in [0.4, 0.5) is 33.8 Å². The number of carbonyl (C=O) groups is 1. The van der Waals surface area contributed by atoms with Crippen molar-refractivity contribution in [2.75, 3.05) is 84.5 Å². The van der Waals surface area contributed by atoms with E-state index < -0.39 is 0 Å². The second-order valence-corrected chi connectivity index (χ2v) is 11.6. The van der Waals surface area contributed by atoms with Gasteiger partial charge in [0.25, 0.3) is 0 Å². The van der Waals surface area contributed by atoms with E-state index in [0.717, 1.165) is 62.5 Å². The number of anilines is 5. The van der Waals surface area contributed by atoms with Crippen LogP contribution in [0.15, 0.2) is 48.5 Å². The highest BCUT2D eigenvalue weighted by Gasteiger charge is 2.39. The molecule has 2 amide bonds. The molecule has 5 heterocycles. The molecule has 0 spiro atoms. The van der Waals surface area contributed by atoms with E-state index in [1.165, 1.54) is 0 Å². The quantitative estimate of drug-likeness (QED) is 0.398. The van der Waals surface area contributed by atoms with Gasteiger partial charge >= 0.3 is 6.03 Å². The first kappa shape index (κ1) is 27.8. The van der Waals surface area contributed by atoms with Gasteiger partial charge in [-0.05, 0) is 68.3 Å². The summed E-state index contributed by atoms with van der Waals surface area (Å²) in [7, 11) is 0. The summed E-state index contributed by atoms with van der Waals surface area (Å²) in [5, 5.41) is 9.23. The summed E-state index contributed by atoms with van der Waals surface area (Å²) in [4.78, 5) is 34.5. The molecular formula is C31H39N9O3. The number of nitrogens with zero attached hydrogens (tertiary/aromatic N) is 6. The molecular weight excluding hydrogens is 546 g/mol. The molecule has 2 aromatic carbocycles. The minimum atomic E-state index is -0.295. The first-order valence-corrected chi connectivity index (χ1v) is 15.3. The molecule has 2 bridgehead atoms. The van der Waals surface area contributed by atoms with Crippen molar-refractivity contribution < 1.29 is 14.3 Å². The SMILES string of the molecule is C[C@@H]1COCCN1c1nc(-c2ccc(NC(=O)Nc3ccc(N4CCNCC4)cc3)cc2)nc(N2C3CCC2COC3)n1. The van der Waals surface area contributed by atoms with Crippen LogP contribution in [-0.2, 0) is 9.47 Å². The number of hydrogen-bond acceptors (Lipinski definition) is 10. The number of aromatic nitrogens is 3. The summed E-state index contributed by atoms with van der Waals surface area (Å²) in [5.74, 6) is 2.00. The lowest BCUT2D eigenvalue weighted by Crippen LogP contribution is -2.48. The molecule has 12 heteroatoms. The van der Waals surface area contributed by atoms with Crippen LogP contribution in [0, 0.1) is 0 Å². The van der Waals surface area contributed by atoms with Gasteiger partial charge in [0.1, 0.15) is 0 Å². The van der Waals surface area contributed by atoms with Crippen molar-refractivity contribution >= 4 is 35.0 Å². The number of amides is 2. The Kier molecular flexibility index (Phi) is 7.96. The lowest BCUT2D eigenvalue weighted by molar-refractivity contribution is 0.0895. The second kappa shape index (κ2) is 12.3. The third-order valence-electron chi connectivity index (χ3n) is 8.72. The van der Waals surface area contributed by atoms with E-state index in [1.807, 2.05) is 48.5 Å². The highest BCUT2D eigenvalue weighted by molar-refractivity contribution is 5.99. The van der Waals surface area contributed by atoms with Crippen LogP contribution in [0.2, 0.25) is 0 Å². The molecule has 3 N–H and O–H groups in total. The number of fused-ring (bicyclic) bond motifs is 2. The summed E-state index contributed by atoms with van der Waals surface area (Å²) in [6.07, 6.45) is 2.16. The van der Waals surface area contributed by atoms with Crippen molar-refractivity contribution in [1.29, 1.82) is 0 Å². The minimum absolute atomic E-state index is 0.168. The average Bonchev–Trinajstić information content (AvgIpc) is 3.30. The minimum Gasteiger partial charge on any atom is -0.377 e. The van der Waals surface area contributed by atoms with Gasteiger partial charge in [0.15, 0.2) is 5.82 Å². The molecule has 0 radical (unpaired) electrons. The van der Waals surface area contributed by atoms with Crippen LogP contribution in [-0.4, -0.2) is 98.3 Å². The first-order chi connectivity index (χ1) is 21.1. The summed E-state index contributed by atoms with van der Waals surface area (Å²) in [6, 6.07) is 16.0. The second-order valence-electron chi connectivity index (χ2n) is 11.6. The number of hydrogen-bond donors (Lipinski definition) is 3. The fraction of sp³-hybridized carbons (Fsp3) is 0.484. The Balaban J connectivity index is 1.07. The molecule has 12 nitrogen and oxygen atoms in total. The normalized spacial score (nSPS) is 23.7. The van der Waals surface area contributed by atoms with Crippen LogP contribution in [0.25, 0.3) is 11.4 Å². The molecule has 226 valence electrons. The Morgan fingerprint density at radius 2 is 1.47 bits per heavy atom. The summed E-state index contributed by atoms with van der Waals surface area (Å²) >= 11 is 0. The monoisotopic (exact) mass is 585 g/mol. The molecule has 3 aromatic rings. The molecule has 2 unspecified atom stereocenters. The molecule has 4 fully saturated rings. The fourth-order valence-corrected chi connectivity index (χ4v) is 6.38. The highest BCUT2D eigenvalue weighted by atomic mass is 16.5. The average molecular weight is 586 g/mol. The summed E-state index contributed by atoms with van der Waals surface area (Å²) in [6.45, 7) is 9.48. The Hall–Kier alpha value is -4.00. The van der Waals surface area contributed by atoms with Crippen LogP contribution in [0.5, 0.6) is 0 Å². The molecule has 1 aromatic heterocycles. The van der Waals surface area contributed by atoms with E-state index >= 15 is 0 Å². The van der Waals surface area contributed by atoms with Crippen LogP contribution in [0.1, 0.15) is 19.8 Å². The van der Waals surface area contributed by atoms with E-state index in [2.05, 4.69) is 37.6 Å². The maximum absolute atomic E-state index is 12.8. The van der Waals surface area contributed by atoms with E-state index in [9.17, 15) is 4.79 Å². The van der Waals surface area contributed by atoms with Gasteiger partial charge in [-0.1, -0.05) is 0 Å². The van der Waals surface area contributed by atoms with Crippen molar-refractivity contribution in [3.63, 3.8) is 0 Å². The third-order valence-corrected chi connectivity index (χ3v) is 8.72. The zero-order chi connectivity index (χ0) is 29.2. The van der Waals surface area contributed by atoms with Crippen molar-refractivity contribution in [3.8, 4) is 11.4 Å². The van der Waals surface area contributed by atoms with Crippen LogP contribution >= 0.6 is 0 Å². The number of carbonyl (C=O) groups excluding carboxylic acids is 1. The molecule has 43 heavy (non-hydrogen) atoms. The zero-order valence-corrected chi connectivity index (χ0v) is 24.5. The van der Waals surface area contributed by atoms with E-state index in [1.54, 1.807) is 0 Å². The topological polar surface area (TPSA) is 120 Å². The number of ether oxygens (including phenoxy) is 2. The van der Waals surface area contributed by atoms with Crippen molar-refractivity contribution in [3.05, 3.63) is 48.5 Å². The number of urea groups is 1. The smallest absolute Gasteiger partial charge is 0.323 e. The highest BCUT2D eigenvalue weighted by Crippen LogP contribution is 2.34. The Morgan fingerprint density at radius 1 is 0.814 bits per heavy atom. The van der Waals surface area contributed by atoms with Crippen molar-refractivity contribution in [2.24, 2.45) is 0 Å². The summed E-state index contributed by atoms with van der Waals surface area (Å²) < 4.78 is 11.5. The van der Waals surface area contributed by atoms with Gasteiger partial charge in [-0.25, -0.2) is 4.79 Å². The largest absolute Gasteiger partial charge is 0.377 e. The summed E-state index contributed by atoms with van der Waals surface area (Å²) in [5.41, 5.74) is 3.45. The van der Waals surface area contributed by atoms with Crippen LogP contribution in [0.3, 0.4) is 0 Å². The number of rotatable bonds is 6. The van der Waals surface area contributed by atoms with E-state index in [0.29, 0.717) is 49.8 Å². The van der Waals surface area contributed by atoms with Gasteiger partial charge < -0.3 is 40.1 Å². The van der Waals surface area contributed by atoms with E-state index in [-0.39, 0.29) is 24.2 Å². The van der Waals surface area contributed by atoms with Gasteiger partial charge in [0, 0.05) is 55.3 Å². The predicted molar refractivity (Wildman–Crippen MR) is 167 cm³/mol. The Bertz CT molecular complexity index is 1400. The zero-order valence-electron chi connectivity index (χ0n) is 24.5. The molecule has 4 aliphatic heterocycles. The van der Waals surface area contributed by atoms with Crippen molar-refractivity contribution in [2.45, 2.75) is 37.9 Å². The lowest BCUT2D eigenvalue weighted by Gasteiger charge is -2.36. The van der Waals surface area contributed by atoms with Gasteiger partial charge in [0.05, 0.1) is 44.6 Å². The first-order valence-electron chi connectivity index (χ1n) is 15.3. The van der Waals surface area contributed by atoms with Gasteiger partial charge in [0.2, 0.25) is 11.9 Å². The Labute approximate surface area is 251 Å². The number of morpholine rings is 2. The number of benzene rings is 2. The maximum atomic E-state index is 12.8. The molecule has 7 rings (SSSR count). The van der Waals surface area contributed by atoms with Gasteiger partial charge in [-0.15, -0.1) is 0 Å². The van der Waals surface area contributed by atoms with Crippen LogP contribution < -0.4 is 30.7 Å². The molecule has 0 saturated carbocycles. The fourth-order valence-electron chi connectivity index (χ4n) is 6.38. The van der Waals surface area contributed by atoms with Gasteiger partial charge in [-0.3, -0.25) is 0 Å². The molecule has 4 aliphatic rings. The predicted octanol–water partition coefficient (Wildman–Crippen LogP) is 3.18. The molecule has 4 saturated heterocycles. The molecule has 0 aliphatic carbocycles. The van der Waals surface area contributed by atoms with E-state index in [4.69, 9.17) is 24.4 Å². The number of nitrogens with one attached hydrogen (secondary N) is 3. The van der Waals surface area contributed by atoms with Gasteiger partial charge in [-0.2, -0.15) is 15.0 Å². The maximum Gasteiger partial charge on any atom is 0.323 e. The molecule has 3 atom stereocenters. The van der Waals surface area contributed by atoms with Crippen molar-refractivity contribution in [1.82, 2.24) is 20.3 Å².